The minimum atomic E-state index is 0.378. The van der Waals surface area contributed by atoms with E-state index in [1.54, 1.807) is 6.07 Å². The van der Waals surface area contributed by atoms with Gasteiger partial charge in [-0.1, -0.05) is 17.7 Å². The average Bonchev–Trinajstić information content (AvgIpc) is 3.30. The van der Waals surface area contributed by atoms with Gasteiger partial charge in [0.25, 0.3) is 0 Å². The molecule has 8 nitrogen and oxygen atoms in total. The summed E-state index contributed by atoms with van der Waals surface area (Å²) in [6, 6.07) is 6.20. The molecule has 6 atom stereocenters. The van der Waals surface area contributed by atoms with Gasteiger partial charge in [-0.05, 0) is 12.1 Å². The van der Waals surface area contributed by atoms with Crippen molar-refractivity contribution in [3.05, 3.63) is 23.4 Å². The van der Waals surface area contributed by atoms with Crippen molar-refractivity contribution in [3.8, 4) is 11.5 Å². The van der Waals surface area contributed by atoms with Crippen LogP contribution in [0.5, 0.6) is 0 Å². The Hall–Kier alpha value is -2.03. The van der Waals surface area contributed by atoms with E-state index < -0.39 is 0 Å². The van der Waals surface area contributed by atoms with Crippen LogP contribution in [0.2, 0.25) is 5.15 Å². The standard InChI is InChI=1S/C18H19ClN6O2/c19-13-3-1-2-12(20-13)16-23-17(21-14-8-4-26-5-9(8)14)25-18(24-16)22-15-10-6-27-7-11(10)15/h1-3,8-11,14-15H,4-7H2,(H2,21,22,23,24,25)/t8-,9+,10-,11+,14?,15?. The van der Waals surface area contributed by atoms with E-state index in [2.05, 4.69) is 30.6 Å². The van der Waals surface area contributed by atoms with Crippen molar-refractivity contribution in [1.29, 1.82) is 0 Å². The fourth-order valence-electron chi connectivity index (χ4n) is 4.36. The Labute approximate surface area is 161 Å². The summed E-state index contributed by atoms with van der Waals surface area (Å²) >= 11 is 6.05. The van der Waals surface area contributed by atoms with Gasteiger partial charge in [-0.25, -0.2) is 4.98 Å². The van der Waals surface area contributed by atoms with E-state index in [0.717, 1.165) is 26.4 Å². The van der Waals surface area contributed by atoms with E-state index in [0.29, 0.717) is 64.3 Å². The second kappa shape index (κ2) is 5.98. The molecule has 0 bridgehead atoms. The topological polar surface area (TPSA) is 94.1 Å². The van der Waals surface area contributed by atoms with Crippen LogP contribution in [0.25, 0.3) is 11.5 Å². The van der Waals surface area contributed by atoms with Crippen molar-refractivity contribution in [1.82, 2.24) is 19.9 Å². The first-order valence-electron chi connectivity index (χ1n) is 9.34. The normalized spacial score (nSPS) is 35.4. The number of hydrogen-bond donors (Lipinski definition) is 2. The Morgan fingerprint density at radius 2 is 1.33 bits per heavy atom. The molecule has 2 aromatic rings. The molecular formula is C18H19ClN6O2. The second-order valence-electron chi connectivity index (χ2n) is 7.72. The lowest BCUT2D eigenvalue weighted by molar-refractivity contribution is 0.162. The Kier molecular flexibility index (Phi) is 3.54. The number of rotatable bonds is 5. The summed E-state index contributed by atoms with van der Waals surface area (Å²) in [5, 5.41) is 7.34. The molecule has 0 amide bonds. The highest BCUT2D eigenvalue weighted by Crippen LogP contribution is 2.47. The SMILES string of the molecule is Clc1cccc(-c2nc(NC3[C@H]4COC[C@@H]34)nc(NC3[C@H]4COC[C@@H]34)n2)n1. The summed E-state index contributed by atoms with van der Waals surface area (Å²) < 4.78 is 10.9. The van der Waals surface area contributed by atoms with Gasteiger partial charge in [0.1, 0.15) is 10.8 Å². The van der Waals surface area contributed by atoms with Crippen LogP contribution in [-0.4, -0.2) is 58.4 Å². The molecule has 140 valence electrons. The van der Waals surface area contributed by atoms with Crippen LogP contribution in [-0.2, 0) is 9.47 Å². The van der Waals surface area contributed by atoms with Crippen molar-refractivity contribution in [2.24, 2.45) is 23.7 Å². The van der Waals surface area contributed by atoms with E-state index >= 15 is 0 Å². The molecule has 2 saturated carbocycles. The number of hydrogen-bond acceptors (Lipinski definition) is 8. The Morgan fingerprint density at radius 3 is 1.85 bits per heavy atom. The summed E-state index contributed by atoms with van der Waals surface area (Å²) in [5.41, 5.74) is 0.634. The maximum atomic E-state index is 6.05. The molecule has 2 aliphatic heterocycles. The first-order valence-corrected chi connectivity index (χ1v) is 9.71. The van der Waals surface area contributed by atoms with Crippen molar-refractivity contribution < 1.29 is 9.47 Å². The minimum Gasteiger partial charge on any atom is -0.381 e. The predicted octanol–water partition coefficient (Wildman–Crippen LogP) is 1.70. The Balaban J connectivity index is 1.29. The van der Waals surface area contributed by atoms with Gasteiger partial charge in [-0.3, -0.25) is 0 Å². The van der Waals surface area contributed by atoms with Crippen LogP contribution in [0.3, 0.4) is 0 Å². The third kappa shape index (κ3) is 2.83. The van der Waals surface area contributed by atoms with Crippen molar-refractivity contribution >= 4 is 23.5 Å². The molecule has 27 heavy (non-hydrogen) atoms. The average molecular weight is 387 g/mol. The van der Waals surface area contributed by atoms with Crippen molar-refractivity contribution in [2.45, 2.75) is 12.1 Å². The molecule has 4 aliphatic rings. The Bertz CT molecular complexity index is 832. The van der Waals surface area contributed by atoms with Gasteiger partial charge in [0.15, 0.2) is 5.82 Å². The molecule has 9 heteroatoms. The molecule has 4 fully saturated rings. The lowest BCUT2D eigenvalue weighted by atomic mass is 10.3. The first kappa shape index (κ1) is 16.0. The summed E-state index contributed by atoms with van der Waals surface area (Å²) in [6.45, 7) is 3.25. The summed E-state index contributed by atoms with van der Waals surface area (Å²) in [5.74, 6) is 3.91. The highest BCUT2D eigenvalue weighted by Gasteiger charge is 2.55. The number of nitrogens with zero attached hydrogens (tertiary/aromatic N) is 4. The van der Waals surface area contributed by atoms with Crippen LogP contribution in [0.1, 0.15) is 0 Å². The second-order valence-corrected chi connectivity index (χ2v) is 8.11. The van der Waals surface area contributed by atoms with E-state index in [1.807, 2.05) is 12.1 Å². The van der Waals surface area contributed by atoms with Crippen molar-refractivity contribution in [2.75, 3.05) is 37.1 Å². The monoisotopic (exact) mass is 386 g/mol. The fourth-order valence-corrected chi connectivity index (χ4v) is 4.52. The molecule has 2 unspecified atom stereocenters. The molecule has 0 radical (unpaired) electrons. The third-order valence-corrected chi connectivity index (χ3v) is 6.29. The van der Waals surface area contributed by atoms with Crippen LogP contribution >= 0.6 is 11.6 Å². The summed E-state index contributed by atoms with van der Waals surface area (Å²) in [7, 11) is 0. The zero-order chi connectivity index (χ0) is 18.0. The molecule has 2 N–H and O–H groups in total. The number of nitrogens with one attached hydrogen (secondary N) is 2. The van der Waals surface area contributed by atoms with Gasteiger partial charge in [-0.15, -0.1) is 0 Å². The van der Waals surface area contributed by atoms with E-state index in [9.17, 15) is 0 Å². The first-order chi connectivity index (χ1) is 13.3. The van der Waals surface area contributed by atoms with Crippen LogP contribution in [0.4, 0.5) is 11.9 Å². The summed E-state index contributed by atoms with van der Waals surface area (Å²) in [4.78, 5) is 18.1. The highest BCUT2D eigenvalue weighted by atomic mass is 35.5. The minimum absolute atomic E-state index is 0.378. The predicted molar refractivity (Wildman–Crippen MR) is 98.5 cm³/mol. The molecule has 2 aliphatic carbocycles. The van der Waals surface area contributed by atoms with Crippen LogP contribution in [0, 0.1) is 23.7 Å². The number of ether oxygens (including phenoxy) is 2. The third-order valence-electron chi connectivity index (χ3n) is 6.08. The fraction of sp³-hybridized carbons (Fsp3) is 0.556. The van der Waals surface area contributed by atoms with E-state index in [4.69, 9.17) is 21.1 Å². The number of fused-ring (bicyclic) bond motifs is 2. The quantitative estimate of drug-likeness (QED) is 0.750. The highest BCUT2D eigenvalue weighted by molar-refractivity contribution is 6.29. The molecule has 2 saturated heterocycles. The van der Waals surface area contributed by atoms with Crippen molar-refractivity contribution in [3.63, 3.8) is 0 Å². The molecule has 6 rings (SSSR count). The molecular weight excluding hydrogens is 368 g/mol. The number of anilines is 2. The van der Waals surface area contributed by atoms with Gasteiger partial charge in [0.2, 0.25) is 11.9 Å². The maximum absolute atomic E-state index is 6.05. The van der Waals surface area contributed by atoms with Crippen LogP contribution < -0.4 is 10.6 Å². The van der Waals surface area contributed by atoms with Gasteiger partial charge in [0, 0.05) is 35.8 Å². The largest absolute Gasteiger partial charge is 0.381 e. The molecule has 4 heterocycles. The molecule has 2 aromatic heterocycles. The Morgan fingerprint density at radius 1 is 0.778 bits per heavy atom. The summed E-state index contributed by atoms with van der Waals surface area (Å²) in [6.07, 6.45) is 0. The van der Waals surface area contributed by atoms with E-state index in [-0.39, 0.29) is 0 Å². The van der Waals surface area contributed by atoms with Gasteiger partial charge in [-0.2, -0.15) is 15.0 Å². The molecule has 0 aromatic carbocycles. The lowest BCUT2D eigenvalue weighted by Crippen LogP contribution is -2.18. The zero-order valence-corrected chi connectivity index (χ0v) is 15.3. The lowest BCUT2D eigenvalue weighted by Gasteiger charge is -2.12. The zero-order valence-electron chi connectivity index (χ0n) is 14.5. The van der Waals surface area contributed by atoms with Crippen LogP contribution in [0.15, 0.2) is 18.2 Å². The van der Waals surface area contributed by atoms with Gasteiger partial charge in [0.05, 0.1) is 26.4 Å². The maximum Gasteiger partial charge on any atom is 0.228 e. The molecule has 0 spiro atoms. The van der Waals surface area contributed by atoms with Gasteiger partial charge < -0.3 is 20.1 Å². The number of halogens is 1. The van der Waals surface area contributed by atoms with Gasteiger partial charge >= 0.3 is 0 Å². The smallest absolute Gasteiger partial charge is 0.228 e. The van der Waals surface area contributed by atoms with E-state index in [1.165, 1.54) is 0 Å². The number of aromatic nitrogens is 4. The number of pyridine rings is 1.